The van der Waals surface area contributed by atoms with E-state index in [0.29, 0.717) is 5.52 Å². The molecule has 0 aromatic carbocycles. The van der Waals surface area contributed by atoms with E-state index in [2.05, 4.69) is 16.9 Å². The minimum absolute atomic E-state index is 0.0525. The van der Waals surface area contributed by atoms with E-state index in [1.165, 1.54) is 0 Å². The number of hydrogen-bond acceptors (Lipinski definition) is 2. The van der Waals surface area contributed by atoms with Gasteiger partial charge in [0.1, 0.15) is 0 Å². The molecule has 0 amide bonds. The molecule has 14 heavy (non-hydrogen) atoms. The minimum atomic E-state index is -0.0996. The highest BCUT2D eigenvalue weighted by molar-refractivity contribution is 5.74. The molecule has 1 fully saturated rings. The predicted octanol–water partition coefficient (Wildman–Crippen LogP) is 1.23. The second-order valence-corrected chi connectivity index (χ2v) is 4.09. The van der Waals surface area contributed by atoms with Gasteiger partial charge in [0.25, 0.3) is 0 Å². The molecule has 0 bridgehead atoms. The second kappa shape index (κ2) is 2.26. The highest BCUT2D eigenvalue weighted by atomic mass is 16.1. The van der Waals surface area contributed by atoms with Gasteiger partial charge in [0.2, 0.25) is 0 Å². The zero-order chi connectivity index (χ0) is 10.6. The Hall–Kier alpha value is -1.58. The molecule has 2 aromatic rings. The van der Waals surface area contributed by atoms with Crippen molar-refractivity contribution >= 4 is 11.0 Å². The molecule has 2 aromatic heterocycles. The van der Waals surface area contributed by atoms with Crippen molar-refractivity contribution in [3.8, 4) is 0 Å². The summed E-state index contributed by atoms with van der Waals surface area (Å²) < 4.78 is 9.22. The zero-order valence-electron chi connectivity index (χ0n) is 8.87. The Labute approximate surface area is 82.0 Å². The van der Waals surface area contributed by atoms with Gasteiger partial charge in [-0.3, -0.25) is 9.55 Å². The van der Waals surface area contributed by atoms with Crippen LogP contribution in [0.1, 0.15) is 21.1 Å². The van der Waals surface area contributed by atoms with Gasteiger partial charge in [-0.15, -0.1) is 0 Å². The van der Waals surface area contributed by atoms with E-state index in [9.17, 15) is 4.79 Å². The molecule has 0 radical (unpaired) electrons. The molecule has 0 atom stereocenters. The van der Waals surface area contributed by atoms with Crippen LogP contribution in [-0.4, -0.2) is 14.5 Å². The monoisotopic (exact) mass is 190 g/mol. The number of pyridine rings is 1. The largest absolute Gasteiger partial charge is 0.327 e. The van der Waals surface area contributed by atoms with E-state index in [4.69, 9.17) is 1.37 Å². The van der Waals surface area contributed by atoms with Crippen LogP contribution in [0, 0.1) is 0 Å². The van der Waals surface area contributed by atoms with Gasteiger partial charge >= 0.3 is 5.69 Å². The number of rotatable bonds is 1. The Morgan fingerprint density at radius 3 is 3.21 bits per heavy atom. The Kier molecular flexibility index (Phi) is 1.10. The maximum atomic E-state index is 11.8. The number of nitrogens with one attached hydrogen (secondary N) is 1. The molecular formula is C10H11N3O. The van der Waals surface area contributed by atoms with Crippen molar-refractivity contribution in [1.82, 2.24) is 14.5 Å². The fraction of sp³-hybridized carbons (Fsp3) is 0.400. The first kappa shape index (κ1) is 6.81. The average molecular weight is 190 g/mol. The van der Waals surface area contributed by atoms with Crippen LogP contribution in [0.2, 0.25) is 0 Å². The molecule has 0 unspecified atom stereocenters. The third-order valence-corrected chi connectivity index (χ3v) is 2.94. The summed E-state index contributed by atoms with van der Waals surface area (Å²) in [4.78, 5) is 18.4. The van der Waals surface area contributed by atoms with Gasteiger partial charge in [-0.1, -0.05) is 0 Å². The molecule has 0 spiro atoms. The number of fused-ring (bicyclic) bond motifs is 1. The predicted molar refractivity (Wildman–Crippen MR) is 53.2 cm³/mol. The van der Waals surface area contributed by atoms with E-state index in [1.807, 2.05) is 0 Å². The molecular weight excluding hydrogens is 178 g/mol. The Morgan fingerprint density at radius 2 is 2.50 bits per heavy atom. The minimum Gasteiger partial charge on any atom is -0.304 e. The van der Waals surface area contributed by atoms with Crippen LogP contribution < -0.4 is 5.69 Å². The summed E-state index contributed by atoms with van der Waals surface area (Å²) in [5.41, 5.74) is 1.35. The summed E-state index contributed by atoms with van der Waals surface area (Å²) in [6, 6.07) is 1.64. The maximum absolute atomic E-state index is 11.8. The standard InChI is InChI=1S/C10H11N3O/c1-10(3-4-10)13-8-2-5-11-6-7(8)12-9(13)14/h2,5-6H,3-4H2,1H3,(H,12,14)/i5D. The summed E-state index contributed by atoms with van der Waals surface area (Å²) in [5, 5.41) is 0. The molecule has 2 heterocycles. The van der Waals surface area contributed by atoms with Crippen molar-refractivity contribution in [3.05, 3.63) is 28.9 Å². The highest BCUT2D eigenvalue weighted by Crippen LogP contribution is 2.43. The number of H-pyrrole nitrogens is 1. The molecule has 3 rings (SSSR count). The topological polar surface area (TPSA) is 50.7 Å². The van der Waals surface area contributed by atoms with E-state index < -0.39 is 0 Å². The molecule has 1 saturated carbocycles. The second-order valence-electron chi connectivity index (χ2n) is 4.09. The fourth-order valence-electron chi connectivity index (χ4n) is 1.85. The Balaban J connectivity index is 2.41. The van der Waals surface area contributed by atoms with Crippen LogP contribution in [-0.2, 0) is 5.54 Å². The van der Waals surface area contributed by atoms with E-state index >= 15 is 0 Å². The van der Waals surface area contributed by atoms with Crippen LogP contribution >= 0.6 is 0 Å². The highest BCUT2D eigenvalue weighted by Gasteiger charge is 2.41. The van der Waals surface area contributed by atoms with Crippen molar-refractivity contribution in [2.24, 2.45) is 0 Å². The summed E-state index contributed by atoms with van der Waals surface area (Å²) >= 11 is 0. The van der Waals surface area contributed by atoms with E-state index in [-0.39, 0.29) is 17.4 Å². The maximum Gasteiger partial charge on any atom is 0.327 e. The zero-order valence-corrected chi connectivity index (χ0v) is 7.87. The number of hydrogen-bond donors (Lipinski definition) is 1. The number of aromatic amines is 1. The lowest BCUT2D eigenvalue weighted by Gasteiger charge is -2.09. The van der Waals surface area contributed by atoms with Crippen molar-refractivity contribution in [1.29, 1.82) is 0 Å². The number of imidazole rings is 1. The summed E-state index contributed by atoms with van der Waals surface area (Å²) in [7, 11) is 0. The molecule has 1 aliphatic carbocycles. The lowest BCUT2D eigenvalue weighted by atomic mass is 10.3. The quantitative estimate of drug-likeness (QED) is 0.735. The van der Waals surface area contributed by atoms with Gasteiger partial charge in [-0.2, -0.15) is 0 Å². The van der Waals surface area contributed by atoms with Gasteiger partial charge in [0, 0.05) is 11.7 Å². The molecule has 4 nitrogen and oxygen atoms in total. The third kappa shape index (κ3) is 0.880. The molecule has 0 aliphatic heterocycles. The van der Waals surface area contributed by atoms with Gasteiger partial charge in [0.15, 0.2) is 0 Å². The van der Waals surface area contributed by atoms with Crippen molar-refractivity contribution in [3.63, 3.8) is 0 Å². The summed E-state index contributed by atoms with van der Waals surface area (Å²) in [5.74, 6) is 0. The Bertz CT molecular complexity index is 594. The lowest BCUT2D eigenvalue weighted by molar-refractivity contribution is 0.531. The van der Waals surface area contributed by atoms with Crippen LogP contribution in [0.5, 0.6) is 0 Å². The van der Waals surface area contributed by atoms with Crippen molar-refractivity contribution < 1.29 is 1.37 Å². The van der Waals surface area contributed by atoms with E-state index in [0.717, 1.165) is 18.4 Å². The van der Waals surface area contributed by atoms with E-state index in [1.54, 1.807) is 16.8 Å². The van der Waals surface area contributed by atoms with Crippen LogP contribution in [0.25, 0.3) is 11.0 Å². The summed E-state index contributed by atoms with van der Waals surface area (Å²) in [6.45, 7) is 2.06. The number of nitrogens with zero attached hydrogens (tertiary/aromatic N) is 2. The molecule has 72 valence electrons. The van der Waals surface area contributed by atoms with Gasteiger partial charge < -0.3 is 4.98 Å². The van der Waals surface area contributed by atoms with Gasteiger partial charge in [0.05, 0.1) is 18.6 Å². The van der Waals surface area contributed by atoms with Crippen LogP contribution in [0.3, 0.4) is 0 Å². The molecule has 1 N–H and O–H groups in total. The smallest absolute Gasteiger partial charge is 0.304 e. The van der Waals surface area contributed by atoms with Gasteiger partial charge in [-0.25, -0.2) is 4.79 Å². The Morgan fingerprint density at radius 1 is 1.71 bits per heavy atom. The first-order chi connectivity index (χ1) is 7.10. The normalized spacial score (nSPS) is 19.6. The lowest BCUT2D eigenvalue weighted by Crippen LogP contribution is -2.25. The first-order valence-electron chi connectivity index (χ1n) is 5.18. The fourth-order valence-corrected chi connectivity index (χ4v) is 1.85. The average Bonchev–Trinajstić information content (AvgIpc) is 2.80. The number of aromatic nitrogens is 3. The first-order valence-corrected chi connectivity index (χ1v) is 4.68. The molecule has 4 heteroatoms. The molecule has 0 saturated heterocycles. The van der Waals surface area contributed by atoms with Crippen molar-refractivity contribution in [2.75, 3.05) is 0 Å². The SMILES string of the molecule is [2H]c1cc2c(cn1)[nH]c(=O)n2C1(C)CC1. The van der Waals surface area contributed by atoms with Gasteiger partial charge in [-0.05, 0) is 25.8 Å². The van der Waals surface area contributed by atoms with Crippen LogP contribution in [0.15, 0.2) is 23.2 Å². The van der Waals surface area contributed by atoms with Crippen molar-refractivity contribution in [2.45, 2.75) is 25.3 Å². The van der Waals surface area contributed by atoms with Crippen LogP contribution in [0.4, 0.5) is 0 Å². The molecule has 1 aliphatic rings. The summed E-state index contributed by atoms with van der Waals surface area (Å²) in [6.07, 6.45) is 3.78. The third-order valence-electron chi connectivity index (χ3n) is 2.94.